The fraction of sp³-hybridized carbons (Fsp3) is 0.857. The number of halogens is 1. The lowest BCUT2D eigenvalue weighted by molar-refractivity contribution is -0.240. The van der Waals surface area contributed by atoms with Gasteiger partial charge in [-0.2, -0.15) is 0 Å². The third kappa shape index (κ3) is 6.17. The van der Waals surface area contributed by atoms with E-state index < -0.39 is 29.0 Å². The van der Waals surface area contributed by atoms with Crippen molar-refractivity contribution in [1.82, 2.24) is 0 Å². The quantitative estimate of drug-likeness (QED) is 0.222. The van der Waals surface area contributed by atoms with Crippen LogP contribution in [0.4, 0.5) is 0 Å². The van der Waals surface area contributed by atoms with Gasteiger partial charge in [0.2, 0.25) is 0 Å². The van der Waals surface area contributed by atoms with Crippen LogP contribution in [-0.4, -0.2) is 55.0 Å². The maximum absolute atomic E-state index is 12.9. The van der Waals surface area contributed by atoms with E-state index in [1.54, 1.807) is 21.0 Å². The summed E-state index contributed by atoms with van der Waals surface area (Å²) in [5, 5.41) is 9.82. The highest BCUT2D eigenvalue weighted by molar-refractivity contribution is 6.17. The van der Waals surface area contributed by atoms with E-state index in [-0.39, 0.29) is 19.2 Å². The van der Waals surface area contributed by atoms with Gasteiger partial charge in [0.1, 0.15) is 6.10 Å². The fourth-order valence-electron chi connectivity index (χ4n) is 3.99. The molecule has 1 fully saturated rings. The summed E-state index contributed by atoms with van der Waals surface area (Å²) in [5.74, 6) is -2.17. The number of carbonyl (C=O) groups excluding carboxylic acids is 1. The van der Waals surface area contributed by atoms with Gasteiger partial charge in [-0.1, -0.05) is 19.1 Å². The smallest absolute Gasteiger partial charge is 0.309 e. The Morgan fingerprint density at radius 1 is 1.36 bits per heavy atom. The molecule has 1 N–H and O–H groups in total. The summed E-state index contributed by atoms with van der Waals surface area (Å²) >= 11 is 5.73. The largest absolute Gasteiger partial charge is 0.466 e. The molecule has 0 spiro atoms. The van der Waals surface area contributed by atoms with Crippen molar-refractivity contribution < 1.29 is 28.8 Å². The summed E-state index contributed by atoms with van der Waals surface area (Å²) < 4.78 is 23.3. The van der Waals surface area contributed by atoms with Crippen LogP contribution in [-0.2, 0) is 23.7 Å². The Morgan fingerprint density at radius 3 is 2.57 bits per heavy atom. The summed E-state index contributed by atoms with van der Waals surface area (Å²) in [5.41, 5.74) is -0.768. The number of esters is 1. The molecule has 0 aliphatic carbocycles. The van der Waals surface area contributed by atoms with Crippen molar-refractivity contribution in [2.24, 2.45) is 11.3 Å². The Bertz CT molecular complexity index is 523. The number of alkyl halides is 1. The minimum Gasteiger partial charge on any atom is -0.466 e. The average molecular weight is 421 g/mol. The van der Waals surface area contributed by atoms with Crippen LogP contribution in [0, 0.1) is 11.3 Å². The molecule has 1 aliphatic rings. The Kier molecular flexibility index (Phi) is 9.90. The summed E-state index contributed by atoms with van der Waals surface area (Å²) in [6, 6.07) is 0. The number of rotatable bonds is 12. The second-order valence-electron chi connectivity index (χ2n) is 8.04. The first-order chi connectivity index (χ1) is 13.1. The first-order valence-electron chi connectivity index (χ1n) is 10.0. The molecule has 1 heterocycles. The maximum Gasteiger partial charge on any atom is 0.309 e. The number of methoxy groups -OCH3 is 1. The maximum atomic E-state index is 12.9. The van der Waals surface area contributed by atoms with Gasteiger partial charge in [-0.25, -0.2) is 0 Å². The van der Waals surface area contributed by atoms with Gasteiger partial charge in [0.05, 0.1) is 12.5 Å². The molecular formula is C21H37ClO6. The molecule has 0 amide bonds. The summed E-state index contributed by atoms with van der Waals surface area (Å²) in [6.07, 6.45) is 5.98. The Balaban J connectivity index is 3.26. The number of aliphatic hydroxyl groups is 1. The molecule has 1 aliphatic heterocycles. The third-order valence-corrected chi connectivity index (χ3v) is 5.66. The molecule has 0 aromatic carbocycles. The molecule has 4 unspecified atom stereocenters. The molecule has 0 saturated carbocycles. The van der Waals surface area contributed by atoms with Crippen molar-refractivity contribution in [2.75, 3.05) is 26.2 Å². The van der Waals surface area contributed by atoms with Crippen molar-refractivity contribution in [1.29, 1.82) is 0 Å². The van der Waals surface area contributed by atoms with Gasteiger partial charge in [0.15, 0.2) is 11.6 Å². The number of allylic oxidation sites excluding steroid dienone is 2. The number of unbranched alkanes of at least 4 members (excludes halogenated alkanes) is 1. The van der Waals surface area contributed by atoms with Gasteiger partial charge >= 0.3 is 5.97 Å². The minimum absolute atomic E-state index is 0.0948. The predicted molar refractivity (Wildman–Crippen MR) is 109 cm³/mol. The van der Waals surface area contributed by atoms with E-state index >= 15 is 0 Å². The molecule has 1 rings (SSSR count). The second-order valence-corrected chi connectivity index (χ2v) is 8.42. The predicted octanol–water partition coefficient (Wildman–Crippen LogP) is 4.03. The molecule has 28 heavy (non-hydrogen) atoms. The van der Waals surface area contributed by atoms with E-state index in [0.29, 0.717) is 18.7 Å². The summed E-state index contributed by atoms with van der Waals surface area (Å²) in [7, 11) is 1.56. The van der Waals surface area contributed by atoms with Gasteiger partial charge in [0, 0.05) is 25.0 Å². The molecule has 0 aromatic heterocycles. The third-order valence-electron chi connectivity index (χ3n) is 5.39. The van der Waals surface area contributed by atoms with Crippen molar-refractivity contribution >= 4 is 17.6 Å². The van der Waals surface area contributed by atoms with E-state index in [0.717, 1.165) is 12.8 Å². The first-order valence-corrected chi connectivity index (χ1v) is 10.5. The average Bonchev–Trinajstić information content (AvgIpc) is 2.88. The van der Waals surface area contributed by atoms with Crippen LogP contribution in [0.25, 0.3) is 0 Å². The van der Waals surface area contributed by atoms with Crippen LogP contribution in [0.15, 0.2) is 12.2 Å². The second kappa shape index (κ2) is 10.9. The molecular weight excluding hydrogens is 384 g/mol. The van der Waals surface area contributed by atoms with E-state index in [2.05, 4.69) is 0 Å². The van der Waals surface area contributed by atoms with Crippen LogP contribution in [0.3, 0.4) is 0 Å². The van der Waals surface area contributed by atoms with Gasteiger partial charge in [0.25, 0.3) is 0 Å². The van der Waals surface area contributed by atoms with Crippen molar-refractivity contribution in [3.8, 4) is 0 Å². The molecule has 164 valence electrons. The van der Waals surface area contributed by atoms with E-state index in [1.807, 2.05) is 32.9 Å². The van der Waals surface area contributed by atoms with E-state index in [4.69, 9.17) is 30.5 Å². The number of hydrogen-bond donors (Lipinski definition) is 1. The number of aliphatic hydroxyl groups excluding tert-OH is 1. The van der Waals surface area contributed by atoms with Crippen LogP contribution < -0.4 is 0 Å². The standard InChI is InChI=1S/C21H37ClO6/c1-7-26-17(24)16(12-10-8-9-11-14-22)20(4,13-15-23)18-21(5,25-6)28-19(2,3)27-18/h8,10,16,18,23H,7,9,11-15H2,1-6H3/b10-8-. The molecule has 7 heteroatoms. The van der Waals surface area contributed by atoms with E-state index in [1.165, 1.54) is 0 Å². The summed E-state index contributed by atoms with van der Waals surface area (Å²) in [6.45, 7) is 9.35. The first kappa shape index (κ1) is 25.4. The minimum atomic E-state index is -1.06. The lowest BCUT2D eigenvalue weighted by Crippen LogP contribution is -2.54. The molecule has 4 atom stereocenters. The van der Waals surface area contributed by atoms with Crippen molar-refractivity contribution in [3.05, 3.63) is 12.2 Å². The monoisotopic (exact) mass is 420 g/mol. The number of carbonyl (C=O) groups is 1. The molecule has 0 aromatic rings. The lowest BCUT2D eigenvalue weighted by atomic mass is 9.67. The van der Waals surface area contributed by atoms with Crippen molar-refractivity contribution in [3.63, 3.8) is 0 Å². The molecule has 6 nitrogen and oxygen atoms in total. The molecule has 0 bridgehead atoms. The fourth-order valence-corrected chi connectivity index (χ4v) is 4.14. The lowest BCUT2D eigenvalue weighted by Gasteiger charge is -2.44. The Morgan fingerprint density at radius 2 is 2.04 bits per heavy atom. The number of ether oxygens (including phenoxy) is 4. The van der Waals surface area contributed by atoms with Gasteiger partial charge in [-0.15, -0.1) is 11.6 Å². The van der Waals surface area contributed by atoms with E-state index in [9.17, 15) is 9.90 Å². The van der Waals surface area contributed by atoms with Crippen LogP contribution in [0.1, 0.15) is 60.3 Å². The van der Waals surface area contributed by atoms with Gasteiger partial charge in [-0.3, -0.25) is 4.79 Å². The zero-order chi connectivity index (χ0) is 21.4. The van der Waals surface area contributed by atoms with Gasteiger partial charge < -0.3 is 24.1 Å². The number of hydrogen-bond acceptors (Lipinski definition) is 6. The van der Waals surface area contributed by atoms with Crippen molar-refractivity contribution in [2.45, 2.75) is 78.0 Å². The topological polar surface area (TPSA) is 74.2 Å². The highest BCUT2D eigenvalue weighted by Crippen LogP contribution is 2.51. The van der Waals surface area contributed by atoms with Crippen LogP contribution in [0.2, 0.25) is 0 Å². The summed E-state index contributed by atoms with van der Waals surface area (Å²) in [4.78, 5) is 12.9. The SMILES string of the molecule is CCOC(=O)C(C/C=C\CCCCl)C(C)(CCO)C1OC(C)(C)OC1(C)OC. The highest BCUT2D eigenvalue weighted by Gasteiger charge is 2.61. The van der Waals surface area contributed by atoms with Crippen LogP contribution in [0.5, 0.6) is 0 Å². The zero-order valence-corrected chi connectivity index (χ0v) is 18.9. The Hall–Kier alpha value is -0.660. The molecule has 1 saturated heterocycles. The van der Waals surface area contributed by atoms with Gasteiger partial charge in [-0.05, 0) is 53.4 Å². The Labute approximate surface area is 174 Å². The zero-order valence-electron chi connectivity index (χ0n) is 18.1. The normalized spacial score (nSPS) is 27.6. The highest BCUT2D eigenvalue weighted by atomic mass is 35.5. The van der Waals surface area contributed by atoms with Crippen LogP contribution >= 0.6 is 11.6 Å². The molecule has 0 radical (unpaired) electrons.